The van der Waals surface area contributed by atoms with Gasteiger partial charge in [-0.05, 0) is 25.2 Å². The van der Waals surface area contributed by atoms with Crippen LogP contribution in [0.3, 0.4) is 0 Å². The zero-order valence-electron chi connectivity index (χ0n) is 17.3. The summed E-state index contributed by atoms with van der Waals surface area (Å²) in [4.78, 5) is 9.30. The first-order valence-corrected chi connectivity index (χ1v) is 11.2. The van der Waals surface area contributed by atoms with Crippen molar-refractivity contribution in [2.24, 2.45) is 0 Å². The second-order valence-electron chi connectivity index (χ2n) is 7.30. The first-order chi connectivity index (χ1) is 14.5. The van der Waals surface area contributed by atoms with Crippen molar-refractivity contribution < 1.29 is 17.9 Å². The predicted molar refractivity (Wildman–Crippen MR) is 116 cm³/mol. The molecule has 1 aliphatic heterocycles. The molecule has 0 bridgehead atoms. The number of fused-ring (bicyclic) bond motifs is 1. The molecule has 1 aliphatic rings. The minimum Gasteiger partial charge on any atom is -0.493 e. The average Bonchev–Trinajstić information content (AvgIpc) is 2.78. The van der Waals surface area contributed by atoms with Crippen LogP contribution in [0.25, 0.3) is 10.9 Å². The van der Waals surface area contributed by atoms with Gasteiger partial charge in [0.1, 0.15) is 4.90 Å². The van der Waals surface area contributed by atoms with Crippen molar-refractivity contribution in [3.05, 3.63) is 48.7 Å². The first-order valence-electron chi connectivity index (χ1n) is 9.74. The highest BCUT2D eigenvalue weighted by Gasteiger charge is 2.29. The fourth-order valence-electron chi connectivity index (χ4n) is 3.77. The molecule has 0 N–H and O–H groups in total. The lowest BCUT2D eigenvalue weighted by molar-refractivity contribution is 0.312. The van der Waals surface area contributed by atoms with Crippen LogP contribution < -0.4 is 14.4 Å². The van der Waals surface area contributed by atoms with E-state index in [0.29, 0.717) is 22.7 Å². The Morgan fingerprint density at radius 2 is 1.57 bits per heavy atom. The van der Waals surface area contributed by atoms with E-state index in [0.717, 1.165) is 31.6 Å². The quantitative estimate of drug-likeness (QED) is 0.620. The molecule has 1 fully saturated rings. The Hall–Kier alpha value is -2.84. The number of methoxy groups -OCH3 is 2. The van der Waals surface area contributed by atoms with Crippen LogP contribution in [0.2, 0.25) is 0 Å². The molecule has 4 rings (SSSR count). The van der Waals surface area contributed by atoms with E-state index in [1.807, 2.05) is 6.07 Å². The number of nitrogens with zero attached hydrogens (tertiary/aromatic N) is 3. The Morgan fingerprint density at radius 1 is 0.933 bits per heavy atom. The molecule has 0 radical (unpaired) electrons. The largest absolute Gasteiger partial charge is 0.493 e. The summed E-state index contributed by atoms with van der Waals surface area (Å²) in [7, 11) is 1.45. The molecular formula is C22H25N3O4S. The molecule has 1 aromatic heterocycles. The Balaban J connectivity index is 1.99. The molecule has 0 unspecified atom stereocenters. The SMILES string of the molecule is COc1cc2ncc(S(=O)(=O)c3ccccc3)c(N3CCN(C)CC3)c2cc1OC. The van der Waals surface area contributed by atoms with Crippen molar-refractivity contribution in [2.75, 3.05) is 52.3 Å². The second kappa shape index (κ2) is 8.12. The molecule has 0 spiro atoms. The molecule has 1 saturated heterocycles. The minimum absolute atomic E-state index is 0.206. The fraction of sp³-hybridized carbons (Fsp3) is 0.318. The standard InChI is InChI=1S/C22H25N3O4S/c1-24-9-11-25(12-10-24)22-17-13-19(28-2)20(29-3)14-18(17)23-15-21(22)30(26,27)16-7-5-4-6-8-16/h4-8,13-15H,9-12H2,1-3H3. The van der Waals surface area contributed by atoms with Gasteiger partial charge in [-0.2, -0.15) is 0 Å². The maximum atomic E-state index is 13.5. The first kappa shape index (κ1) is 20.4. The summed E-state index contributed by atoms with van der Waals surface area (Å²) in [6, 6.07) is 12.1. The number of anilines is 1. The molecule has 2 aromatic carbocycles. The minimum atomic E-state index is -3.75. The number of pyridine rings is 1. The number of piperazine rings is 1. The highest BCUT2D eigenvalue weighted by Crippen LogP contribution is 2.40. The maximum Gasteiger partial charge on any atom is 0.210 e. The normalized spacial score (nSPS) is 15.4. The lowest BCUT2D eigenvalue weighted by atomic mass is 10.1. The van der Waals surface area contributed by atoms with E-state index in [-0.39, 0.29) is 9.79 Å². The van der Waals surface area contributed by atoms with Crippen LogP contribution in [0, 0.1) is 0 Å². The van der Waals surface area contributed by atoms with Gasteiger partial charge in [0.2, 0.25) is 9.84 Å². The number of ether oxygens (including phenoxy) is 2. The number of hydrogen-bond acceptors (Lipinski definition) is 7. The summed E-state index contributed by atoms with van der Waals surface area (Å²) in [5.74, 6) is 1.09. The number of hydrogen-bond donors (Lipinski definition) is 0. The van der Waals surface area contributed by atoms with E-state index in [9.17, 15) is 8.42 Å². The summed E-state index contributed by atoms with van der Waals surface area (Å²) in [5, 5.41) is 0.731. The summed E-state index contributed by atoms with van der Waals surface area (Å²) < 4.78 is 38.0. The Bertz CT molecular complexity index is 1160. The van der Waals surface area contributed by atoms with E-state index in [2.05, 4.69) is 21.8 Å². The number of aromatic nitrogens is 1. The van der Waals surface area contributed by atoms with Crippen molar-refractivity contribution in [1.29, 1.82) is 0 Å². The lowest BCUT2D eigenvalue weighted by Crippen LogP contribution is -2.45. The molecule has 8 heteroatoms. The predicted octanol–water partition coefficient (Wildman–Crippen LogP) is 2.84. The monoisotopic (exact) mass is 427 g/mol. The molecule has 0 amide bonds. The molecule has 0 saturated carbocycles. The Labute approximate surface area is 176 Å². The third kappa shape index (κ3) is 3.57. The van der Waals surface area contributed by atoms with Crippen LogP contribution in [-0.4, -0.2) is 65.7 Å². The number of sulfone groups is 1. The van der Waals surface area contributed by atoms with E-state index in [4.69, 9.17) is 9.47 Å². The van der Waals surface area contributed by atoms with Gasteiger partial charge in [-0.15, -0.1) is 0 Å². The summed E-state index contributed by atoms with van der Waals surface area (Å²) in [6.45, 7) is 3.15. The van der Waals surface area contributed by atoms with E-state index in [1.165, 1.54) is 6.20 Å². The van der Waals surface area contributed by atoms with Gasteiger partial charge in [-0.3, -0.25) is 4.98 Å². The van der Waals surface area contributed by atoms with Crippen molar-refractivity contribution in [3.8, 4) is 11.5 Å². The van der Waals surface area contributed by atoms with Crippen molar-refractivity contribution >= 4 is 26.4 Å². The number of rotatable bonds is 5. The molecule has 7 nitrogen and oxygen atoms in total. The summed E-state index contributed by atoms with van der Waals surface area (Å²) >= 11 is 0. The zero-order chi connectivity index (χ0) is 21.3. The molecule has 158 valence electrons. The van der Waals surface area contributed by atoms with Crippen LogP contribution in [0.15, 0.2) is 58.5 Å². The number of likely N-dealkylation sites (N-methyl/N-ethyl adjacent to an activating group) is 1. The highest BCUT2D eigenvalue weighted by atomic mass is 32.2. The third-order valence-electron chi connectivity index (χ3n) is 5.47. The molecule has 30 heavy (non-hydrogen) atoms. The van der Waals surface area contributed by atoms with Crippen LogP contribution in [0.1, 0.15) is 0 Å². The van der Waals surface area contributed by atoms with E-state index >= 15 is 0 Å². The summed E-state index contributed by atoms with van der Waals surface area (Å²) in [6.07, 6.45) is 1.46. The molecule has 3 aromatic rings. The van der Waals surface area contributed by atoms with Gasteiger partial charge in [0.25, 0.3) is 0 Å². The number of benzene rings is 2. The molecule has 0 atom stereocenters. The molecular weight excluding hydrogens is 402 g/mol. The van der Waals surface area contributed by atoms with Gasteiger partial charge in [0, 0.05) is 43.8 Å². The Morgan fingerprint density at radius 3 is 2.20 bits per heavy atom. The Kier molecular flexibility index (Phi) is 5.53. The average molecular weight is 428 g/mol. The fourth-order valence-corrected chi connectivity index (χ4v) is 5.22. The smallest absolute Gasteiger partial charge is 0.210 e. The maximum absolute atomic E-state index is 13.5. The van der Waals surface area contributed by atoms with Gasteiger partial charge in [0.15, 0.2) is 11.5 Å². The van der Waals surface area contributed by atoms with Crippen molar-refractivity contribution in [3.63, 3.8) is 0 Å². The zero-order valence-corrected chi connectivity index (χ0v) is 18.1. The topological polar surface area (TPSA) is 72.0 Å². The van der Waals surface area contributed by atoms with Crippen molar-refractivity contribution in [2.45, 2.75) is 9.79 Å². The molecule has 0 aliphatic carbocycles. The van der Waals surface area contributed by atoms with Gasteiger partial charge in [-0.25, -0.2) is 8.42 Å². The van der Waals surface area contributed by atoms with Gasteiger partial charge in [0.05, 0.1) is 30.3 Å². The van der Waals surface area contributed by atoms with Crippen LogP contribution >= 0.6 is 0 Å². The second-order valence-corrected chi connectivity index (χ2v) is 9.22. The van der Waals surface area contributed by atoms with Crippen LogP contribution in [-0.2, 0) is 9.84 Å². The molecule has 2 heterocycles. The van der Waals surface area contributed by atoms with Gasteiger partial charge >= 0.3 is 0 Å². The van der Waals surface area contributed by atoms with Crippen LogP contribution in [0.4, 0.5) is 5.69 Å². The van der Waals surface area contributed by atoms with E-state index in [1.54, 1.807) is 50.6 Å². The lowest BCUT2D eigenvalue weighted by Gasteiger charge is -2.35. The summed E-state index contributed by atoms with van der Waals surface area (Å²) in [5.41, 5.74) is 1.33. The van der Waals surface area contributed by atoms with E-state index < -0.39 is 9.84 Å². The van der Waals surface area contributed by atoms with Gasteiger partial charge in [-0.1, -0.05) is 18.2 Å². The van der Waals surface area contributed by atoms with Crippen LogP contribution in [0.5, 0.6) is 11.5 Å². The van der Waals surface area contributed by atoms with Crippen molar-refractivity contribution in [1.82, 2.24) is 9.88 Å². The third-order valence-corrected chi connectivity index (χ3v) is 7.24. The highest BCUT2D eigenvalue weighted by molar-refractivity contribution is 7.91. The van der Waals surface area contributed by atoms with Gasteiger partial charge < -0.3 is 19.3 Å².